The minimum Gasteiger partial charge on any atom is -0.292 e. The SMILES string of the molecule is CCN1CCN(C)C1.O=S(=O)(NS(=O)(=O)C(F)(F)F)C(F)(F)F. The molecule has 1 N–H and O–H groups in total. The van der Waals surface area contributed by atoms with Crippen LogP contribution in [0.1, 0.15) is 6.92 Å². The molecule has 1 rings (SSSR count). The molecule has 0 aromatic heterocycles. The van der Waals surface area contributed by atoms with E-state index in [1.165, 1.54) is 19.6 Å². The van der Waals surface area contributed by atoms with Gasteiger partial charge in [0.15, 0.2) is 0 Å². The standard InChI is InChI=1S/C6H14N2.C2HF6NO4S2/c1-3-8-5-4-7(2)6-8;3-1(4,5)14(10,11)9-15(12,13)2(6,7)8/h3-6H2,1-2H3;9H. The summed E-state index contributed by atoms with van der Waals surface area (Å²) in [5.41, 5.74) is -12.3. The second-order valence-corrected chi connectivity index (χ2v) is 8.02. The van der Waals surface area contributed by atoms with E-state index in [1.54, 1.807) is 0 Å². The average Bonchev–Trinajstić information content (AvgIpc) is 2.71. The first-order valence-corrected chi connectivity index (χ1v) is 8.82. The second-order valence-electron chi connectivity index (χ2n) is 4.41. The molecule has 0 atom stereocenters. The number of nitrogens with zero attached hydrogens (tertiary/aromatic N) is 2. The molecule has 0 bridgehead atoms. The fraction of sp³-hybridized carbons (Fsp3) is 1.00. The number of halogens is 6. The number of nitrogens with one attached hydrogen (secondary N) is 1. The molecule has 1 aliphatic heterocycles. The van der Waals surface area contributed by atoms with Gasteiger partial charge >= 0.3 is 31.1 Å². The van der Waals surface area contributed by atoms with Gasteiger partial charge in [-0.2, -0.15) is 26.3 Å². The van der Waals surface area contributed by atoms with E-state index in [1.807, 2.05) is 0 Å². The molecule has 0 unspecified atom stereocenters. The third-order valence-corrected chi connectivity index (χ3v) is 5.49. The fourth-order valence-electron chi connectivity index (χ4n) is 1.29. The van der Waals surface area contributed by atoms with Crippen LogP contribution in [0, 0.1) is 0 Å². The molecule has 7 nitrogen and oxygen atoms in total. The Morgan fingerprint density at radius 3 is 1.48 bits per heavy atom. The van der Waals surface area contributed by atoms with Crippen LogP contribution in [0.3, 0.4) is 0 Å². The number of likely N-dealkylation sites (N-methyl/N-ethyl adjacent to an activating group) is 2. The smallest absolute Gasteiger partial charge is 0.292 e. The summed E-state index contributed by atoms with van der Waals surface area (Å²) in [4.78, 5) is 4.77. The highest BCUT2D eigenvalue weighted by molar-refractivity contribution is 8.05. The van der Waals surface area contributed by atoms with Crippen LogP contribution in [-0.2, 0) is 20.0 Å². The van der Waals surface area contributed by atoms with Gasteiger partial charge < -0.3 is 0 Å². The van der Waals surface area contributed by atoms with E-state index < -0.39 is 35.2 Å². The Bertz CT molecular complexity index is 544. The third kappa shape index (κ3) is 6.78. The summed E-state index contributed by atoms with van der Waals surface area (Å²) in [7, 11) is -11.0. The first-order valence-electron chi connectivity index (χ1n) is 5.85. The van der Waals surface area contributed by atoms with E-state index in [0.717, 1.165) is 6.67 Å². The van der Waals surface area contributed by atoms with E-state index >= 15 is 0 Å². The molecule has 0 radical (unpaired) electrons. The molecule has 1 aliphatic rings. The van der Waals surface area contributed by atoms with Crippen LogP contribution in [0.25, 0.3) is 0 Å². The predicted octanol–water partition coefficient (Wildman–Crippen LogP) is 0.486. The van der Waals surface area contributed by atoms with Gasteiger partial charge in [-0.05, 0) is 13.6 Å². The van der Waals surface area contributed by atoms with E-state index in [9.17, 15) is 43.2 Å². The highest BCUT2D eigenvalue weighted by Gasteiger charge is 2.55. The number of hydrogen-bond donors (Lipinski definition) is 1. The highest BCUT2D eigenvalue weighted by atomic mass is 32.3. The van der Waals surface area contributed by atoms with Gasteiger partial charge in [0.1, 0.15) is 0 Å². The maximum Gasteiger partial charge on any atom is 0.512 e. The Labute approximate surface area is 129 Å². The first kappa shape index (κ1) is 22.4. The van der Waals surface area contributed by atoms with Gasteiger partial charge in [0.05, 0.1) is 6.67 Å². The lowest BCUT2D eigenvalue weighted by Gasteiger charge is -2.11. The van der Waals surface area contributed by atoms with Gasteiger partial charge in [-0.25, -0.2) is 16.8 Å². The van der Waals surface area contributed by atoms with Crippen LogP contribution in [0.5, 0.6) is 0 Å². The molecule has 23 heavy (non-hydrogen) atoms. The van der Waals surface area contributed by atoms with Crippen molar-refractivity contribution in [3.8, 4) is 0 Å². The number of hydrogen-bond acceptors (Lipinski definition) is 6. The van der Waals surface area contributed by atoms with Crippen LogP contribution in [-0.4, -0.2) is 71.0 Å². The normalized spacial score (nSPS) is 18.6. The summed E-state index contributed by atoms with van der Waals surface area (Å²) in [6, 6.07) is 0. The van der Waals surface area contributed by atoms with Crippen LogP contribution < -0.4 is 4.13 Å². The molecular formula is C8H15F6N3O4S2. The van der Waals surface area contributed by atoms with Gasteiger partial charge in [0.2, 0.25) is 0 Å². The minimum absolute atomic E-state index is 0.493. The summed E-state index contributed by atoms with van der Waals surface area (Å²) in [6.45, 7) is 7.07. The molecule has 1 saturated heterocycles. The summed E-state index contributed by atoms with van der Waals surface area (Å²) in [6.07, 6.45) is 0. The minimum atomic E-state index is -6.60. The number of rotatable bonds is 3. The molecule has 0 aromatic rings. The summed E-state index contributed by atoms with van der Waals surface area (Å²) in [5, 5.41) is 0. The van der Waals surface area contributed by atoms with E-state index in [2.05, 4.69) is 23.8 Å². The Hall–Kier alpha value is -0.640. The first-order chi connectivity index (χ1) is 10.0. The van der Waals surface area contributed by atoms with Crippen LogP contribution in [0.15, 0.2) is 0 Å². The summed E-state index contributed by atoms with van der Waals surface area (Å²) in [5.74, 6) is 0. The molecule has 140 valence electrons. The molecule has 0 aromatic carbocycles. The molecular weight excluding hydrogens is 380 g/mol. The van der Waals surface area contributed by atoms with Crippen LogP contribution in [0.2, 0.25) is 0 Å². The van der Waals surface area contributed by atoms with Crippen LogP contribution >= 0.6 is 0 Å². The van der Waals surface area contributed by atoms with Crippen molar-refractivity contribution < 1.29 is 43.2 Å². The van der Waals surface area contributed by atoms with Crippen molar-refractivity contribution in [2.24, 2.45) is 0 Å². The number of sulfonamides is 2. The van der Waals surface area contributed by atoms with E-state index in [-0.39, 0.29) is 0 Å². The summed E-state index contributed by atoms with van der Waals surface area (Å²) < 4.78 is 108. The molecule has 0 saturated carbocycles. The monoisotopic (exact) mass is 395 g/mol. The van der Waals surface area contributed by atoms with Crippen molar-refractivity contribution >= 4 is 20.0 Å². The largest absolute Gasteiger partial charge is 0.512 e. The van der Waals surface area contributed by atoms with Crippen molar-refractivity contribution in [1.29, 1.82) is 0 Å². The maximum absolute atomic E-state index is 11.5. The lowest BCUT2D eigenvalue weighted by atomic mass is 10.6. The molecule has 1 heterocycles. The quantitative estimate of drug-likeness (QED) is 0.700. The summed E-state index contributed by atoms with van der Waals surface area (Å²) >= 11 is 0. The molecule has 0 aliphatic carbocycles. The van der Waals surface area contributed by atoms with Crippen molar-refractivity contribution in [2.75, 3.05) is 33.4 Å². The lowest BCUT2D eigenvalue weighted by Crippen LogP contribution is -2.45. The van der Waals surface area contributed by atoms with Crippen molar-refractivity contribution in [2.45, 2.75) is 17.9 Å². The van der Waals surface area contributed by atoms with Crippen LogP contribution in [0.4, 0.5) is 26.3 Å². The van der Waals surface area contributed by atoms with Gasteiger partial charge in [-0.15, -0.1) is 0 Å². The number of alkyl halides is 6. The molecule has 15 heteroatoms. The molecule has 0 spiro atoms. The van der Waals surface area contributed by atoms with Gasteiger partial charge in [0, 0.05) is 13.1 Å². The van der Waals surface area contributed by atoms with Gasteiger partial charge in [-0.3, -0.25) is 9.80 Å². The van der Waals surface area contributed by atoms with Crippen molar-refractivity contribution in [3.05, 3.63) is 0 Å². The fourth-order valence-corrected chi connectivity index (χ4v) is 3.20. The predicted molar refractivity (Wildman–Crippen MR) is 67.8 cm³/mol. The third-order valence-electron chi connectivity index (χ3n) is 2.52. The Kier molecular flexibility index (Phi) is 7.29. The van der Waals surface area contributed by atoms with Crippen molar-refractivity contribution in [1.82, 2.24) is 13.9 Å². The topological polar surface area (TPSA) is 86.8 Å². The highest BCUT2D eigenvalue weighted by Crippen LogP contribution is 2.27. The van der Waals surface area contributed by atoms with Gasteiger partial charge in [-0.1, -0.05) is 11.1 Å². The zero-order valence-corrected chi connectivity index (χ0v) is 13.6. The maximum atomic E-state index is 11.5. The van der Waals surface area contributed by atoms with Gasteiger partial charge in [0.25, 0.3) is 0 Å². The molecule has 0 amide bonds. The van der Waals surface area contributed by atoms with E-state index in [4.69, 9.17) is 0 Å². The second kappa shape index (κ2) is 7.50. The Morgan fingerprint density at radius 1 is 0.913 bits per heavy atom. The van der Waals surface area contributed by atoms with Crippen molar-refractivity contribution in [3.63, 3.8) is 0 Å². The molecule has 1 fully saturated rings. The zero-order valence-electron chi connectivity index (χ0n) is 11.9. The lowest BCUT2D eigenvalue weighted by molar-refractivity contribution is -0.0476. The van der Waals surface area contributed by atoms with E-state index in [0.29, 0.717) is 0 Å². The Morgan fingerprint density at radius 2 is 1.30 bits per heavy atom. The zero-order chi connectivity index (χ0) is 18.7. The average molecular weight is 395 g/mol. The Balaban J connectivity index is 0.000000502.